The molecule has 0 aliphatic rings. The second-order valence-electron chi connectivity index (χ2n) is 7.38. The van der Waals surface area contributed by atoms with Crippen LogP contribution < -0.4 is 5.73 Å². The number of carbonyl (C=O) groups excluding carboxylic acids is 2. The van der Waals surface area contributed by atoms with Crippen LogP contribution in [0.25, 0.3) is 10.9 Å². The van der Waals surface area contributed by atoms with Crippen molar-refractivity contribution in [1.82, 2.24) is 9.47 Å². The highest BCUT2D eigenvalue weighted by Crippen LogP contribution is 2.22. The standard InChI is InChI=1S/C23H27N3O4/c1-25(2)13-12-18-15-26(21-11-7-6-10-19(18)21)23(28)30-16-29-22(27)20(24)14-17-8-4-3-5-9-17/h3-11,15,20H,12-14,16,24H2,1-2H3. The maximum atomic E-state index is 12.6. The van der Waals surface area contributed by atoms with Crippen LogP contribution in [0.1, 0.15) is 11.1 Å². The number of hydrogen-bond acceptors (Lipinski definition) is 6. The van der Waals surface area contributed by atoms with Crippen molar-refractivity contribution in [3.05, 3.63) is 71.9 Å². The van der Waals surface area contributed by atoms with Crippen molar-refractivity contribution in [2.75, 3.05) is 27.4 Å². The van der Waals surface area contributed by atoms with Gasteiger partial charge in [0.05, 0.1) is 5.52 Å². The summed E-state index contributed by atoms with van der Waals surface area (Å²) in [5.74, 6) is -0.615. The number of hydrogen-bond donors (Lipinski definition) is 1. The Morgan fingerprint density at radius 1 is 1.03 bits per heavy atom. The fourth-order valence-electron chi connectivity index (χ4n) is 3.21. The molecule has 0 bridgehead atoms. The molecule has 0 saturated carbocycles. The first-order chi connectivity index (χ1) is 14.5. The molecular formula is C23H27N3O4. The minimum Gasteiger partial charge on any atom is -0.427 e. The first-order valence-corrected chi connectivity index (χ1v) is 9.82. The molecule has 1 aromatic heterocycles. The summed E-state index contributed by atoms with van der Waals surface area (Å²) in [6, 6.07) is 16.2. The Morgan fingerprint density at radius 3 is 2.47 bits per heavy atom. The highest BCUT2D eigenvalue weighted by Gasteiger charge is 2.18. The second kappa shape index (κ2) is 10.0. The highest BCUT2D eigenvalue weighted by molar-refractivity contribution is 5.92. The van der Waals surface area contributed by atoms with E-state index in [0.717, 1.165) is 35.0 Å². The van der Waals surface area contributed by atoms with Crippen LogP contribution in [-0.4, -0.2) is 55.0 Å². The van der Waals surface area contributed by atoms with Crippen molar-refractivity contribution in [3.8, 4) is 0 Å². The minimum absolute atomic E-state index is 0.352. The van der Waals surface area contributed by atoms with Crippen LogP contribution in [0.3, 0.4) is 0 Å². The lowest BCUT2D eigenvalue weighted by molar-refractivity contribution is -0.153. The Bertz CT molecular complexity index is 998. The number of rotatable bonds is 8. The molecule has 2 aromatic carbocycles. The van der Waals surface area contributed by atoms with Gasteiger partial charge in [-0.25, -0.2) is 4.79 Å². The van der Waals surface area contributed by atoms with Gasteiger partial charge in [-0.2, -0.15) is 0 Å². The van der Waals surface area contributed by atoms with Crippen molar-refractivity contribution in [2.24, 2.45) is 5.73 Å². The number of fused-ring (bicyclic) bond motifs is 1. The van der Waals surface area contributed by atoms with Gasteiger partial charge in [0.1, 0.15) is 6.04 Å². The summed E-state index contributed by atoms with van der Waals surface area (Å²) in [4.78, 5) is 26.7. The molecule has 0 radical (unpaired) electrons. The highest BCUT2D eigenvalue weighted by atomic mass is 16.7. The molecule has 0 fully saturated rings. The van der Waals surface area contributed by atoms with Gasteiger partial charge in [0.25, 0.3) is 0 Å². The van der Waals surface area contributed by atoms with Gasteiger partial charge in [-0.1, -0.05) is 48.5 Å². The average Bonchev–Trinajstić information content (AvgIpc) is 3.11. The third kappa shape index (κ3) is 5.46. The lowest BCUT2D eigenvalue weighted by atomic mass is 10.1. The number of nitrogens with zero attached hydrogens (tertiary/aromatic N) is 2. The van der Waals surface area contributed by atoms with Crippen LogP contribution in [0, 0.1) is 0 Å². The summed E-state index contributed by atoms with van der Waals surface area (Å²) in [5.41, 5.74) is 8.63. The van der Waals surface area contributed by atoms with Crippen molar-refractivity contribution in [2.45, 2.75) is 18.9 Å². The zero-order chi connectivity index (χ0) is 21.5. The molecule has 7 heteroatoms. The van der Waals surface area contributed by atoms with Crippen LogP contribution in [0.4, 0.5) is 4.79 Å². The Morgan fingerprint density at radius 2 is 1.73 bits per heavy atom. The molecule has 1 heterocycles. The van der Waals surface area contributed by atoms with Gasteiger partial charge in [-0.05, 0) is 44.1 Å². The van der Waals surface area contributed by atoms with Gasteiger partial charge in [0.2, 0.25) is 6.79 Å². The molecule has 2 N–H and O–H groups in total. The molecule has 0 spiro atoms. The first kappa shape index (κ1) is 21.5. The molecule has 0 amide bonds. The number of esters is 1. The number of para-hydroxylation sites is 1. The third-order valence-corrected chi connectivity index (χ3v) is 4.80. The number of benzene rings is 2. The molecule has 0 aliphatic heterocycles. The summed E-state index contributed by atoms with van der Waals surface area (Å²) < 4.78 is 11.6. The van der Waals surface area contributed by atoms with E-state index in [0.29, 0.717) is 6.42 Å². The van der Waals surface area contributed by atoms with Crippen LogP contribution >= 0.6 is 0 Å². The molecule has 0 saturated heterocycles. The minimum atomic E-state index is -0.823. The van der Waals surface area contributed by atoms with E-state index in [4.69, 9.17) is 15.2 Å². The summed E-state index contributed by atoms with van der Waals surface area (Å²) in [6.07, 6.45) is 2.33. The Hall–Kier alpha value is -3.16. The van der Waals surface area contributed by atoms with E-state index >= 15 is 0 Å². The fourth-order valence-corrected chi connectivity index (χ4v) is 3.21. The molecule has 3 rings (SSSR count). The summed E-state index contributed by atoms with van der Waals surface area (Å²) in [5, 5.41) is 0.998. The normalized spacial score (nSPS) is 12.1. The van der Waals surface area contributed by atoms with E-state index < -0.39 is 24.9 Å². The van der Waals surface area contributed by atoms with Crippen LogP contribution in [0.15, 0.2) is 60.8 Å². The number of carbonyl (C=O) groups is 2. The number of ether oxygens (including phenoxy) is 2. The average molecular weight is 409 g/mol. The smallest absolute Gasteiger partial charge is 0.421 e. The topological polar surface area (TPSA) is 86.8 Å². The van der Waals surface area contributed by atoms with Gasteiger partial charge in [0.15, 0.2) is 0 Å². The molecule has 30 heavy (non-hydrogen) atoms. The zero-order valence-electron chi connectivity index (χ0n) is 17.3. The van der Waals surface area contributed by atoms with E-state index in [-0.39, 0.29) is 0 Å². The summed E-state index contributed by atoms with van der Waals surface area (Å²) >= 11 is 0. The summed E-state index contributed by atoms with van der Waals surface area (Å²) in [7, 11) is 4.01. The van der Waals surface area contributed by atoms with Crippen LogP contribution in [-0.2, 0) is 27.1 Å². The molecule has 158 valence electrons. The number of aromatic nitrogens is 1. The fraction of sp³-hybridized carbons (Fsp3) is 0.304. The van der Waals surface area contributed by atoms with Gasteiger partial charge in [-0.15, -0.1) is 0 Å². The molecule has 0 aliphatic carbocycles. The first-order valence-electron chi connectivity index (χ1n) is 9.82. The lowest BCUT2D eigenvalue weighted by Crippen LogP contribution is -2.35. The SMILES string of the molecule is CN(C)CCc1cn(C(=O)OCOC(=O)C(N)Cc2ccccc2)c2ccccc12. The lowest BCUT2D eigenvalue weighted by Gasteiger charge is -2.12. The predicted octanol–water partition coefficient (Wildman–Crippen LogP) is 2.80. The number of likely N-dealkylation sites (N-methyl/N-ethyl adjacent to an activating group) is 1. The van der Waals surface area contributed by atoms with E-state index in [1.807, 2.05) is 68.7 Å². The Labute approximate surface area is 176 Å². The quantitative estimate of drug-likeness (QED) is 0.455. The van der Waals surface area contributed by atoms with E-state index in [1.54, 1.807) is 6.20 Å². The maximum absolute atomic E-state index is 12.6. The van der Waals surface area contributed by atoms with E-state index in [2.05, 4.69) is 4.90 Å². The molecule has 1 unspecified atom stereocenters. The Kier molecular flexibility index (Phi) is 7.21. The van der Waals surface area contributed by atoms with Crippen molar-refractivity contribution < 1.29 is 19.1 Å². The number of nitrogens with two attached hydrogens (primary N) is 1. The zero-order valence-corrected chi connectivity index (χ0v) is 17.3. The molecule has 3 aromatic rings. The van der Waals surface area contributed by atoms with Gasteiger partial charge in [-0.3, -0.25) is 9.36 Å². The van der Waals surface area contributed by atoms with Gasteiger partial charge in [0, 0.05) is 18.1 Å². The van der Waals surface area contributed by atoms with Crippen molar-refractivity contribution in [3.63, 3.8) is 0 Å². The van der Waals surface area contributed by atoms with E-state index in [9.17, 15) is 9.59 Å². The van der Waals surface area contributed by atoms with Crippen LogP contribution in [0.2, 0.25) is 0 Å². The van der Waals surface area contributed by atoms with E-state index in [1.165, 1.54) is 4.57 Å². The summed E-state index contributed by atoms with van der Waals surface area (Å²) in [6.45, 7) is 0.375. The van der Waals surface area contributed by atoms with Gasteiger partial charge < -0.3 is 20.1 Å². The van der Waals surface area contributed by atoms with Crippen LogP contribution in [0.5, 0.6) is 0 Å². The monoisotopic (exact) mass is 409 g/mol. The maximum Gasteiger partial charge on any atom is 0.421 e. The van der Waals surface area contributed by atoms with Crippen molar-refractivity contribution in [1.29, 1.82) is 0 Å². The Balaban J connectivity index is 1.58. The molecule has 7 nitrogen and oxygen atoms in total. The van der Waals surface area contributed by atoms with Gasteiger partial charge >= 0.3 is 12.1 Å². The largest absolute Gasteiger partial charge is 0.427 e. The van der Waals surface area contributed by atoms with Crippen molar-refractivity contribution >= 4 is 23.0 Å². The predicted molar refractivity (Wildman–Crippen MR) is 115 cm³/mol. The molecular weight excluding hydrogens is 382 g/mol. The second-order valence-corrected chi connectivity index (χ2v) is 7.38. The molecule has 1 atom stereocenters. The third-order valence-electron chi connectivity index (χ3n) is 4.80.